The summed E-state index contributed by atoms with van der Waals surface area (Å²) < 4.78 is 0. The normalized spacial score (nSPS) is 20.6. The molecule has 3 rings (SSSR count). The highest BCUT2D eigenvalue weighted by Gasteiger charge is 2.25. The fourth-order valence-corrected chi connectivity index (χ4v) is 4.35. The summed E-state index contributed by atoms with van der Waals surface area (Å²) in [4.78, 5) is 19.0. The van der Waals surface area contributed by atoms with Gasteiger partial charge in [0.1, 0.15) is 0 Å². The predicted octanol–water partition coefficient (Wildman–Crippen LogP) is 3.41. The maximum absolute atomic E-state index is 12.0. The largest absolute Gasteiger partial charge is 0.356 e. The number of rotatable bonds is 7. The molecule has 1 saturated heterocycles. The van der Waals surface area contributed by atoms with Crippen LogP contribution >= 0.6 is 24.0 Å². The summed E-state index contributed by atoms with van der Waals surface area (Å²) in [6.45, 7) is 8.60. The molecule has 162 valence electrons. The molecule has 7 heteroatoms. The number of para-hydroxylation sites is 1. The molecule has 29 heavy (non-hydrogen) atoms. The topological polar surface area (TPSA) is 68.8 Å². The Labute approximate surface area is 192 Å². The number of benzene rings is 1. The first kappa shape index (κ1) is 23.9. The quantitative estimate of drug-likeness (QED) is 0.297. The van der Waals surface area contributed by atoms with Gasteiger partial charge in [-0.1, -0.05) is 32.0 Å². The lowest BCUT2D eigenvalue weighted by Crippen LogP contribution is -2.47. The lowest BCUT2D eigenvalue weighted by Gasteiger charge is -2.30. The fraction of sp³-hybridized carbons (Fsp3) is 0.636. The number of carbonyl (C=O) groups excluding carboxylic acids is 1. The molecule has 6 nitrogen and oxygen atoms in total. The van der Waals surface area contributed by atoms with E-state index in [1.807, 2.05) is 25.2 Å². The Kier molecular flexibility index (Phi) is 9.68. The van der Waals surface area contributed by atoms with Crippen molar-refractivity contribution >= 4 is 41.5 Å². The third-order valence-corrected chi connectivity index (χ3v) is 5.75. The van der Waals surface area contributed by atoms with Crippen LogP contribution in [-0.4, -0.2) is 56.0 Å². The lowest BCUT2D eigenvalue weighted by molar-refractivity contribution is -0.116. The van der Waals surface area contributed by atoms with Crippen LogP contribution in [-0.2, 0) is 4.79 Å². The van der Waals surface area contributed by atoms with Gasteiger partial charge in [-0.25, -0.2) is 0 Å². The predicted molar refractivity (Wildman–Crippen MR) is 131 cm³/mol. The minimum absolute atomic E-state index is 0. The van der Waals surface area contributed by atoms with Gasteiger partial charge in [0.15, 0.2) is 5.96 Å². The first-order valence-corrected chi connectivity index (χ1v) is 10.6. The Morgan fingerprint density at radius 3 is 2.66 bits per heavy atom. The zero-order valence-corrected chi connectivity index (χ0v) is 20.2. The molecule has 0 spiro atoms. The van der Waals surface area contributed by atoms with Gasteiger partial charge in [0.2, 0.25) is 5.91 Å². The highest BCUT2D eigenvalue weighted by molar-refractivity contribution is 14.0. The summed E-state index contributed by atoms with van der Waals surface area (Å²) >= 11 is 0. The van der Waals surface area contributed by atoms with Crippen LogP contribution in [0.15, 0.2) is 29.3 Å². The van der Waals surface area contributed by atoms with E-state index in [0.29, 0.717) is 24.9 Å². The van der Waals surface area contributed by atoms with Crippen molar-refractivity contribution in [3.05, 3.63) is 29.8 Å². The van der Waals surface area contributed by atoms with Gasteiger partial charge in [-0.15, -0.1) is 24.0 Å². The summed E-state index contributed by atoms with van der Waals surface area (Å²) in [6.07, 6.45) is 4.32. The second kappa shape index (κ2) is 11.7. The maximum atomic E-state index is 12.0. The molecule has 2 aliphatic rings. The summed E-state index contributed by atoms with van der Waals surface area (Å²) in [5.41, 5.74) is 2.12. The van der Waals surface area contributed by atoms with E-state index >= 15 is 0 Å². The number of amides is 1. The zero-order chi connectivity index (χ0) is 19.9. The second-order valence-corrected chi connectivity index (χ2v) is 8.40. The SMILES string of the molecule is CN=C(NCC1CC(=O)Nc2ccccc21)NCC(CC(C)C)N1CCCC1.I. The van der Waals surface area contributed by atoms with Gasteiger partial charge in [-0.2, -0.15) is 0 Å². The molecule has 2 heterocycles. The standard InChI is InChI=1S/C22H35N5O.HI/c1-16(2)12-18(27-10-6-7-11-27)15-25-22(23-3)24-14-17-13-21(28)26-20-9-5-4-8-19(17)20;/h4-5,8-9,16-18H,6-7,10-15H2,1-3H3,(H,26,28)(H2,23,24,25);1H. The molecule has 0 saturated carbocycles. The van der Waals surface area contributed by atoms with Crippen LogP contribution < -0.4 is 16.0 Å². The molecule has 0 aromatic heterocycles. The van der Waals surface area contributed by atoms with Crippen molar-refractivity contribution in [3.8, 4) is 0 Å². The van der Waals surface area contributed by atoms with E-state index in [-0.39, 0.29) is 35.8 Å². The van der Waals surface area contributed by atoms with Gasteiger partial charge < -0.3 is 16.0 Å². The minimum Gasteiger partial charge on any atom is -0.356 e. The number of guanidine groups is 1. The summed E-state index contributed by atoms with van der Waals surface area (Å²) in [5.74, 6) is 1.74. The highest BCUT2D eigenvalue weighted by Crippen LogP contribution is 2.31. The molecule has 3 N–H and O–H groups in total. The third-order valence-electron chi connectivity index (χ3n) is 5.75. The number of anilines is 1. The molecule has 0 radical (unpaired) electrons. The van der Waals surface area contributed by atoms with Crippen molar-refractivity contribution < 1.29 is 4.79 Å². The summed E-state index contributed by atoms with van der Waals surface area (Å²) in [7, 11) is 1.81. The number of carbonyl (C=O) groups is 1. The minimum atomic E-state index is 0. The van der Waals surface area contributed by atoms with Crippen molar-refractivity contribution in [1.82, 2.24) is 15.5 Å². The summed E-state index contributed by atoms with van der Waals surface area (Å²) in [6, 6.07) is 8.61. The van der Waals surface area contributed by atoms with Gasteiger partial charge in [-0.3, -0.25) is 14.7 Å². The number of fused-ring (bicyclic) bond motifs is 1. The maximum Gasteiger partial charge on any atom is 0.225 e. The molecule has 0 bridgehead atoms. The van der Waals surface area contributed by atoms with E-state index in [1.165, 1.54) is 37.9 Å². The van der Waals surface area contributed by atoms with Gasteiger partial charge in [0, 0.05) is 44.2 Å². The average molecular weight is 513 g/mol. The Balaban J connectivity index is 0.00000300. The van der Waals surface area contributed by atoms with Gasteiger partial charge in [0.25, 0.3) is 0 Å². The van der Waals surface area contributed by atoms with E-state index in [0.717, 1.165) is 18.2 Å². The fourth-order valence-electron chi connectivity index (χ4n) is 4.35. The van der Waals surface area contributed by atoms with Gasteiger partial charge in [-0.05, 0) is 49.9 Å². The number of nitrogens with zero attached hydrogens (tertiary/aromatic N) is 2. The lowest BCUT2D eigenvalue weighted by atomic mass is 9.90. The highest BCUT2D eigenvalue weighted by atomic mass is 127. The third kappa shape index (κ3) is 6.84. The molecule has 1 aromatic rings. The van der Waals surface area contributed by atoms with Crippen LogP contribution in [0.1, 0.15) is 51.0 Å². The molecule has 1 aromatic carbocycles. The van der Waals surface area contributed by atoms with Crippen LogP contribution in [0.5, 0.6) is 0 Å². The number of likely N-dealkylation sites (tertiary alicyclic amines) is 1. The van der Waals surface area contributed by atoms with Crippen molar-refractivity contribution in [2.75, 3.05) is 38.5 Å². The first-order chi connectivity index (χ1) is 13.6. The first-order valence-electron chi connectivity index (χ1n) is 10.6. The van der Waals surface area contributed by atoms with Crippen LogP contribution in [0.3, 0.4) is 0 Å². The molecular weight excluding hydrogens is 477 g/mol. The van der Waals surface area contributed by atoms with Crippen molar-refractivity contribution in [1.29, 1.82) is 0 Å². The number of nitrogens with one attached hydrogen (secondary N) is 3. The van der Waals surface area contributed by atoms with Crippen molar-refractivity contribution in [3.63, 3.8) is 0 Å². The smallest absolute Gasteiger partial charge is 0.225 e. The summed E-state index contributed by atoms with van der Waals surface area (Å²) in [5, 5.41) is 9.93. The Hall–Kier alpha value is -1.35. The Morgan fingerprint density at radius 1 is 1.24 bits per heavy atom. The van der Waals surface area contributed by atoms with Gasteiger partial charge >= 0.3 is 0 Å². The van der Waals surface area contributed by atoms with E-state index < -0.39 is 0 Å². The number of hydrogen-bond donors (Lipinski definition) is 3. The van der Waals surface area contributed by atoms with E-state index in [1.54, 1.807) is 0 Å². The van der Waals surface area contributed by atoms with E-state index in [9.17, 15) is 4.79 Å². The number of hydrogen-bond acceptors (Lipinski definition) is 3. The van der Waals surface area contributed by atoms with Crippen LogP contribution in [0.4, 0.5) is 5.69 Å². The Morgan fingerprint density at radius 2 is 1.97 bits per heavy atom. The van der Waals surface area contributed by atoms with Crippen LogP contribution in [0.2, 0.25) is 0 Å². The van der Waals surface area contributed by atoms with E-state index in [4.69, 9.17) is 0 Å². The molecule has 2 atom stereocenters. The van der Waals surface area contributed by atoms with Crippen molar-refractivity contribution in [2.45, 2.75) is 51.5 Å². The van der Waals surface area contributed by atoms with E-state index in [2.05, 4.69) is 45.8 Å². The monoisotopic (exact) mass is 513 g/mol. The second-order valence-electron chi connectivity index (χ2n) is 8.40. The zero-order valence-electron chi connectivity index (χ0n) is 17.9. The molecule has 2 aliphatic heterocycles. The molecular formula is C22H36IN5O. The number of halogens is 1. The Bertz CT molecular complexity index is 688. The van der Waals surface area contributed by atoms with Gasteiger partial charge in [0.05, 0.1) is 0 Å². The van der Waals surface area contributed by atoms with Crippen LogP contribution in [0.25, 0.3) is 0 Å². The molecule has 2 unspecified atom stereocenters. The molecule has 1 amide bonds. The number of aliphatic imine (C=N–C) groups is 1. The van der Waals surface area contributed by atoms with Crippen LogP contribution in [0, 0.1) is 5.92 Å². The van der Waals surface area contributed by atoms with Crippen molar-refractivity contribution in [2.24, 2.45) is 10.9 Å². The molecule has 1 fully saturated rings. The molecule has 0 aliphatic carbocycles. The average Bonchev–Trinajstić information content (AvgIpc) is 3.21.